The van der Waals surface area contributed by atoms with Crippen molar-refractivity contribution in [3.8, 4) is 0 Å². The third kappa shape index (κ3) is 1.07. The van der Waals surface area contributed by atoms with Gasteiger partial charge >= 0.3 is 0 Å². The summed E-state index contributed by atoms with van der Waals surface area (Å²) in [5, 5.41) is 2.73. The Morgan fingerprint density at radius 3 is 3.27 bits per heavy atom. The van der Waals surface area contributed by atoms with E-state index in [4.69, 9.17) is 0 Å². The standard InChI is InChI=1S/C7H7N3O/c11-6-4-9-7-5(10-6)2-1-3-8-7/h1-5,7H,(H,10,11). The fraction of sp³-hybridized carbons (Fsp3) is 0.286. The maximum atomic E-state index is 10.8. The van der Waals surface area contributed by atoms with Gasteiger partial charge in [-0.3, -0.25) is 14.8 Å². The zero-order chi connectivity index (χ0) is 7.68. The quantitative estimate of drug-likeness (QED) is 0.497. The van der Waals surface area contributed by atoms with Gasteiger partial charge in [-0.05, 0) is 6.08 Å². The molecule has 4 nitrogen and oxygen atoms in total. The summed E-state index contributed by atoms with van der Waals surface area (Å²) in [6.07, 6.45) is 6.51. The molecule has 2 rings (SSSR count). The number of amides is 1. The number of nitrogens with one attached hydrogen (secondary N) is 1. The van der Waals surface area contributed by atoms with E-state index in [2.05, 4.69) is 15.3 Å². The predicted octanol–water partition coefficient (Wildman–Crippen LogP) is -0.478. The predicted molar refractivity (Wildman–Crippen MR) is 41.8 cm³/mol. The van der Waals surface area contributed by atoms with Crippen LogP contribution in [0.4, 0.5) is 0 Å². The van der Waals surface area contributed by atoms with E-state index in [1.807, 2.05) is 12.2 Å². The monoisotopic (exact) mass is 149 g/mol. The maximum Gasteiger partial charge on any atom is 0.262 e. The average molecular weight is 149 g/mol. The summed E-state index contributed by atoms with van der Waals surface area (Å²) in [5.74, 6) is -0.145. The van der Waals surface area contributed by atoms with Crippen molar-refractivity contribution in [1.82, 2.24) is 5.32 Å². The molecule has 2 heterocycles. The van der Waals surface area contributed by atoms with Crippen molar-refractivity contribution in [2.45, 2.75) is 12.2 Å². The molecule has 11 heavy (non-hydrogen) atoms. The molecule has 2 aliphatic rings. The van der Waals surface area contributed by atoms with Crippen LogP contribution >= 0.6 is 0 Å². The third-order valence-corrected chi connectivity index (χ3v) is 1.62. The molecule has 0 saturated heterocycles. The van der Waals surface area contributed by atoms with Crippen molar-refractivity contribution in [3.05, 3.63) is 12.2 Å². The number of aliphatic imine (C=N–C) groups is 2. The van der Waals surface area contributed by atoms with Gasteiger partial charge in [0.25, 0.3) is 5.91 Å². The minimum Gasteiger partial charge on any atom is -0.341 e. The molecule has 0 radical (unpaired) electrons. The van der Waals surface area contributed by atoms with E-state index in [9.17, 15) is 4.79 Å². The Kier molecular flexibility index (Phi) is 1.31. The van der Waals surface area contributed by atoms with Crippen molar-refractivity contribution in [2.75, 3.05) is 0 Å². The summed E-state index contributed by atoms with van der Waals surface area (Å²) in [6, 6.07) is -0.0440. The summed E-state index contributed by atoms with van der Waals surface area (Å²) in [7, 11) is 0. The van der Waals surface area contributed by atoms with Crippen molar-refractivity contribution in [2.24, 2.45) is 9.98 Å². The van der Waals surface area contributed by atoms with Crippen molar-refractivity contribution >= 4 is 18.3 Å². The van der Waals surface area contributed by atoms with Crippen LogP contribution in [-0.2, 0) is 4.79 Å². The van der Waals surface area contributed by atoms with Crippen LogP contribution in [0.1, 0.15) is 0 Å². The molecule has 0 bridgehead atoms. The molecule has 0 aliphatic carbocycles. The molecule has 0 aromatic rings. The van der Waals surface area contributed by atoms with Gasteiger partial charge < -0.3 is 5.32 Å². The fourth-order valence-corrected chi connectivity index (χ4v) is 1.10. The van der Waals surface area contributed by atoms with Gasteiger partial charge in [0.05, 0.1) is 12.3 Å². The second-order valence-corrected chi connectivity index (χ2v) is 2.41. The highest BCUT2D eigenvalue weighted by Crippen LogP contribution is 2.08. The maximum absolute atomic E-state index is 10.8. The van der Waals surface area contributed by atoms with Gasteiger partial charge in [0.1, 0.15) is 0 Å². The van der Waals surface area contributed by atoms with Gasteiger partial charge in [-0.2, -0.15) is 0 Å². The van der Waals surface area contributed by atoms with Crippen LogP contribution in [0.2, 0.25) is 0 Å². The minimum absolute atomic E-state index is 0.0440. The smallest absolute Gasteiger partial charge is 0.262 e. The zero-order valence-corrected chi connectivity index (χ0v) is 5.77. The highest BCUT2D eigenvalue weighted by molar-refractivity contribution is 6.27. The number of carbonyl (C=O) groups excluding carboxylic acids is 1. The topological polar surface area (TPSA) is 53.8 Å². The van der Waals surface area contributed by atoms with E-state index in [-0.39, 0.29) is 18.1 Å². The summed E-state index contributed by atoms with van der Waals surface area (Å²) < 4.78 is 0. The lowest BCUT2D eigenvalue weighted by Crippen LogP contribution is -2.45. The Balaban J connectivity index is 2.26. The van der Waals surface area contributed by atoms with Gasteiger partial charge in [0.15, 0.2) is 6.17 Å². The number of hydrogen-bond acceptors (Lipinski definition) is 3. The summed E-state index contributed by atoms with van der Waals surface area (Å²) in [5.41, 5.74) is 0. The number of dihydropyridines is 1. The third-order valence-electron chi connectivity index (χ3n) is 1.62. The van der Waals surface area contributed by atoms with Crippen LogP contribution in [-0.4, -0.2) is 30.5 Å². The minimum atomic E-state index is -0.145. The second-order valence-electron chi connectivity index (χ2n) is 2.41. The van der Waals surface area contributed by atoms with Crippen LogP contribution in [0.5, 0.6) is 0 Å². The summed E-state index contributed by atoms with van der Waals surface area (Å²) in [6.45, 7) is 0. The number of fused-ring (bicyclic) bond motifs is 1. The highest BCUT2D eigenvalue weighted by Gasteiger charge is 2.23. The Morgan fingerprint density at radius 1 is 1.45 bits per heavy atom. The molecule has 0 spiro atoms. The zero-order valence-electron chi connectivity index (χ0n) is 5.77. The largest absolute Gasteiger partial charge is 0.341 e. The fourth-order valence-electron chi connectivity index (χ4n) is 1.10. The van der Waals surface area contributed by atoms with Gasteiger partial charge in [-0.25, -0.2) is 0 Å². The molecule has 0 saturated carbocycles. The van der Waals surface area contributed by atoms with Crippen molar-refractivity contribution in [3.63, 3.8) is 0 Å². The van der Waals surface area contributed by atoms with Crippen LogP contribution in [0.3, 0.4) is 0 Å². The molecular formula is C7H7N3O. The first-order chi connectivity index (χ1) is 5.36. The molecular weight excluding hydrogens is 142 g/mol. The Labute approximate surface area is 63.7 Å². The Bertz CT molecular complexity index is 267. The van der Waals surface area contributed by atoms with E-state index in [0.29, 0.717) is 0 Å². The van der Waals surface area contributed by atoms with E-state index in [0.717, 1.165) is 0 Å². The molecule has 2 aliphatic heterocycles. The molecule has 2 unspecified atom stereocenters. The lowest BCUT2D eigenvalue weighted by Gasteiger charge is -2.23. The summed E-state index contributed by atoms with van der Waals surface area (Å²) >= 11 is 0. The lowest BCUT2D eigenvalue weighted by atomic mass is 10.1. The molecule has 0 fully saturated rings. The highest BCUT2D eigenvalue weighted by atomic mass is 16.1. The Hall–Kier alpha value is -1.45. The SMILES string of the molecule is O=C1C=NC2N=CC=CC2N1. The number of carbonyl (C=O) groups is 1. The first-order valence-electron chi connectivity index (χ1n) is 3.40. The molecule has 4 heteroatoms. The lowest BCUT2D eigenvalue weighted by molar-refractivity contribution is -0.115. The average Bonchev–Trinajstić information content (AvgIpc) is 2.04. The number of rotatable bonds is 0. The van der Waals surface area contributed by atoms with Crippen molar-refractivity contribution in [1.29, 1.82) is 0 Å². The van der Waals surface area contributed by atoms with Gasteiger partial charge in [-0.1, -0.05) is 6.08 Å². The van der Waals surface area contributed by atoms with Crippen LogP contribution in [0.15, 0.2) is 22.1 Å². The van der Waals surface area contributed by atoms with Crippen LogP contribution in [0, 0.1) is 0 Å². The van der Waals surface area contributed by atoms with Gasteiger partial charge in [0.2, 0.25) is 0 Å². The number of hydrogen-bond donors (Lipinski definition) is 1. The first kappa shape index (κ1) is 6.27. The summed E-state index contributed by atoms with van der Waals surface area (Å²) in [4.78, 5) is 18.8. The van der Waals surface area contributed by atoms with E-state index >= 15 is 0 Å². The molecule has 2 atom stereocenters. The first-order valence-corrected chi connectivity index (χ1v) is 3.40. The van der Waals surface area contributed by atoms with Crippen LogP contribution < -0.4 is 5.32 Å². The molecule has 1 amide bonds. The van der Waals surface area contributed by atoms with E-state index in [1.54, 1.807) is 6.21 Å². The molecule has 1 N–H and O–H groups in total. The van der Waals surface area contributed by atoms with Crippen molar-refractivity contribution < 1.29 is 4.79 Å². The molecule has 56 valence electrons. The molecule has 0 aromatic carbocycles. The van der Waals surface area contributed by atoms with E-state index < -0.39 is 0 Å². The van der Waals surface area contributed by atoms with E-state index in [1.165, 1.54) is 6.21 Å². The number of nitrogens with zero attached hydrogens (tertiary/aromatic N) is 2. The van der Waals surface area contributed by atoms with Crippen LogP contribution in [0.25, 0.3) is 0 Å². The normalized spacial score (nSPS) is 33.3. The Morgan fingerprint density at radius 2 is 2.36 bits per heavy atom. The number of allylic oxidation sites excluding steroid dienone is 1. The van der Waals surface area contributed by atoms with Gasteiger partial charge in [-0.15, -0.1) is 0 Å². The molecule has 0 aromatic heterocycles. The second kappa shape index (κ2) is 2.30. The van der Waals surface area contributed by atoms with Gasteiger partial charge in [0, 0.05) is 6.21 Å².